The SMILES string of the molecule is CC1CCCN(/C=C(/C#N)C(=O)Nc2ccc(C(=O)O)cc2)C1. The second-order valence-electron chi connectivity index (χ2n) is 5.73. The van der Waals surface area contributed by atoms with E-state index in [4.69, 9.17) is 5.11 Å². The van der Waals surface area contributed by atoms with Crippen molar-refractivity contribution in [3.05, 3.63) is 41.6 Å². The second kappa shape index (κ2) is 7.45. The molecule has 0 aromatic heterocycles. The highest BCUT2D eigenvalue weighted by atomic mass is 16.4. The van der Waals surface area contributed by atoms with Crippen LogP contribution in [0.25, 0.3) is 0 Å². The fourth-order valence-electron chi connectivity index (χ4n) is 2.56. The molecule has 0 radical (unpaired) electrons. The molecule has 2 N–H and O–H groups in total. The van der Waals surface area contributed by atoms with Crippen LogP contribution in [0.15, 0.2) is 36.0 Å². The number of carboxylic acid groups (broad SMARTS) is 1. The van der Waals surface area contributed by atoms with Crippen LogP contribution in [0.2, 0.25) is 0 Å². The number of anilines is 1. The number of carbonyl (C=O) groups excluding carboxylic acids is 1. The Morgan fingerprint density at radius 2 is 2.09 bits per heavy atom. The van der Waals surface area contributed by atoms with Crippen LogP contribution >= 0.6 is 0 Å². The molecule has 23 heavy (non-hydrogen) atoms. The molecule has 1 heterocycles. The summed E-state index contributed by atoms with van der Waals surface area (Å²) >= 11 is 0. The van der Waals surface area contributed by atoms with E-state index in [-0.39, 0.29) is 11.1 Å². The van der Waals surface area contributed by atoms with Crippen molar-refractivity contribution < 1.29 is 14.7 Å². The zero-order chi connectivity index (χ0) is 16.8. The van der Waals surface area contributed by atoms with Crippen LogP contribution in [0.1, 0.15) is 30.1 Å². The third-order valence-corrected chi connectivity index (χ3v) is 3.75. The van der Waals surface area contributed by atoms with Gasteiger partial charge in [-0.15, -0.1) is 0 Å². The first kappa shape index (κ1) is 16.6. The zero-order valence-electron chi connectivity index (χ0n) is 13.0. The van der Waals surface area contributed by atoms with Crippen LogP contribution in [0.5, 0.6) is 0 Å². The predicted octanol–water partition coefficient (Wildman–Crippen LogP) is 2.46. The fraction of sp³-hybridized carbons (Fsp3) is 0.353. The molecular formula is C17H19N3O3. The Morgan fingerprint density at radius 3 is 2.65 bits per heavy atom. The number of aromatic carboxylic acids is 1. The molecule has 0 aliphatic carbocycles. The molecule has 6 nitrogen and oxygen atoms in total. The van der Waals surface area contributed by atoms with Crippen molar-refractivity contribution in [1.29, 1.82) is 5.26 Å². The molecule has 1 aliphatic rings. The average Bonchev–Trinajstić information content (AvgIpc) is 2.53. The summed E-state index contributed by atoms with van der Waals surface area (Å²) in [7, 11) is 0. The van der Waals surface area contributed by atoms with Crippen LogP contribution in [0.4, 0.5) is 5.69 Å². The molecule has 1 saturated heterocycles. The lowest BCUT2D eigenvalue weighted by Crippen LogP contribution is -2.31. The van der Waals surface area contributed by atoms with E-state index < -0.39 is 11.9 Å². The minimum atomic E-state index is -1.03. The van der Waals surface area contributed by atoms with Gasteiger partial charge in [-0.2, -0.15) is 5.26 Å². The van der Waals surface area contributed by atoms with Crippen LogP contribution in [0.3, 0.4) is 0 Å². The number of benzene rings is 1. The minimum Gasteiger partial charge on any atom is -0.478 e. The number of nitriles is 1. The van der Waals surface area contributed by atoms with Crippen LogP contribution < -0.4 is 5.32 Å². The molecule has 2 rings (SSSR count). The van der Waals surface area contributed by atoms with Gasteiger partial charge in [0.05, 0.1) is 5.56 Å². The van der Waals surface area contributed by atoms with Gasteiger partial charge in [0.1, 0.15) is 11.6 Å². The van der Waals surface area contributed by atoms with E-state index >= 15 is 0 Å². The Balaban J connectivity index is 2.05. The standard InChI is InChI=1S/C17H19N3O3/c1-12-3-2-8-20(10-12)11-14(9-18)16(21)19-15-6-4-13(5-7-15)17(22)23/h4-7,11-12H,2-3,8,10H2,1H3,(H,19,21)(H,22,23)/b14-11-. The number of likely N-dealkylation sites (tertiary alicyclic amines) is 1. The monoisotopic (exact) mass is 313 g/mol. The first-order chi connectivity index (χ1) is 11.0. The average molecular weight is 313 g/mol. The number of carbonyl (C=O) groups is 2. The maximum Gasteiger partial charge on any atom is 0.335 e. The van der Waals surface area contributed by atoms with Crippen LogP contribution in [-0.2, 0) is 4.79 Å². The highest BCUT2D eigenvalue weighted by Crippen LogP contribution is 2.17. The van der Waals surface area contributed by atoms with Gasteiger partial charge in [0, 0.05) is 25.0 Å². The normalized spacial score (nSPS) is 18.2. The molecule has 0 saturated carbocycles. The van der Waals surface area contributed by atoms with Crippen molar-refractivity contribution in [3.63, 3.8) is 0 Å². The molecule has 0 bridgehead atoms. The lowest BCUT2D eigenvalue weighted by Gasteiger charge is -2.29. The van der Waals surface area contributed by atoms with Crippen LogP contribution in [0, 0.1) is 17.2 Å². The van der Waals surface area contributed by atoms with Crippen LogP contribution in [-0.4, -0.2) is 35.0 Å². The molecule has 1 fully saturated rings. The molecule has 6 heteroatoms. The topological polar surface area (TPSA) is 93.4 Å². The summed E-state index contributed by atoms with van der Waals surface area (Å²) in [5.74, 6) is -0.972. The molecular weight excluding hydrogens is 294 g/mol. The van der Waals surface area contributed by atoms with Crippen molar-refractivity contribution in [2.45, 2.75) is 19.8 Å². The highest BCUT2D eigenvalue weighted by molar-refractivity contribution is 6.06. The summed E-state index contributed by atoms with van der Waals surface area (Å²) in [5.41, 5.74) is 0.635. The molecule has 1 aromatic carbocycles. The molecule has 1 atom stereocenters. The molecule has 1 aromatic rings. The number of amides is 1. The van der Waals surface area contributed by atoms with Gasteiger partial charge < -0.3 is 15.3 Å². The largest absolute Gasteiger partial charge is 0.478 e. The summed E-state index contributed by atoms with van der Waals surface area (Å²) < 4.78 is 0. The summed E-state index contributed by atoms with van der Waals surface area (Å²) in [6.07, 6.45) is 3.82. The minimum absolute atomic E-state index is 0.0430. The van der Waals surface area contributed by atoms with Gasteiger partial charge >= 0.3 is 5.97 Å². The number of nitrogens with zero attached hydrogens (tertiary/aromatic N) is 2. The van der Waals surface area contributed by atoms with Crippen molar-refractivity contribution in [2.24, 2.45) is 5.92 Å². The Kier molecular flexibility index (Phi) is 5.36. The summed E-state index contributed by atoms with van der Waals surface area (Å²) in [6, 6.07) is 7.73. The Bertz CT molecular complexity index is 659. The molecule has 1 unspecified atom stereocenters. The molecule has 1 amide bonds. The van der Waals surface area contributed by atoms with E-state index in [0.717, 1.165) is 25.9 Å². The Morgan fingerprint density at radius 1 is 1.39 bits per heavy atom. The maximum absolute atomic E-state index is 12.2. The Hall–Kier alpha value is -2.81. The zero-order valence-corrected chi connectivity index (χ0v) is 13.0. The van der Waals surface area contributed by atoms with Crippen molar-refractivity contribution in [1.82, 2.24) is 4.90 Å². The highest BCUT2D eigenvalue weighted by Gasteiger charge is 2.17. The summed E-state index contributed by atoms with van der Waals surface area (Å²) in [4.78, 5) is 25.0. The van der Waals surface area contributed by atoms with E-state index in [9.17, 15) is 14.9 Å². The van der Waals surface area contributed by atoms with E-state index in [1.807, 2.05) is 11.0 Å². The van der Waals surface area contributed by atoms with Gasteiger partial charge in [0.15, 0.2) is 0 Å². The van der Waals surface area contributed by atoms with Gasteiger partial charge in [-0.05, 0) is 43.0 Å². The summed E-state index contributed by atoms with van der Waals surface area (Å²) in [6.45, 7) is 3.83. The molecule has 120 valence electrons. The molecule has 1 aliphatic heterocycles. The lowest BCUT2D eigenvalue weighted by molar-refractivity contribution is -0.112. The van der Waals surface area contributed by atoms with E-state index in [1.54, 1.807) is 6.20 Å². The second-order valence-corrected chi connectivity index (χ2v) is 5.73. The number of hydrogen-bond acceptors (Lipinski definition) is 4. The number of nitrogens with one attached hydrogen (secondary N) is 1. The first-order valence-corrected chi connectivity index (χ1v) is 7.50. The smallest absolute Gasteiger partial charge is 0.335 e. The van der Waals surface area contributed by atoms with Gasteiger partial charge in [-0.25, -0.2) is 4.79 Å². The number of rotatable bonds is 4. The summed E-state index contributed by atoms with van der Waals surface area (Å²) in [5, 5.41) is 20.7. The van der Waals surface area contributed by atoms with Crippen molar-refractivity contribution in [2.75, 3.05) is 18.4 Å². The maximum atomic E-state index is 12.2. The van der Waals surface area contributed by atoms with Crippen molar-refractivity contribution in [3.8, 4) is 6.07 Å². The number of hydrogen-bond donors (Lipinski definition) is 2. The predicted molar refractivity (Wildman–Crippen MR) is 85.7 cm³/mol. The Labute approximate surface area is 135 Å². The van der Waals surface area contributed by atoms with Gasteiger partial charge in [0.25, 0.3) is 5.91 Å². The van der Waals surface area contributed by atoms with E-state index in [0.29, 0.717) is 11.6 Å². The quantitative estimate of drug-likeness (QED) is 0.658. The van der Waals surface area contributed by atoms with Gasteiger partial charge in [-0.1, -0.05) is 6.92 Å². The van der Waals surface area contributed by atoms with E-state index in [2.05, 4.69) is 12.2 Å². The third kappa shape index (κ3) is 4.58. The fourth-order valence-corrected chi connectivity index (χ4v) is 2.56. The van der Waals surface area contributed by atoms with Crippen molar-refractivity contribution >= 4 is 17.6 Å². The number of carboxylic acids is 1. The third-order valence-electron chi connectivity index (χ3n) is 3.75. The van der Waals surface area contributed by atoms with E-state index in [1.165, 1.54) is 24.3 Å². The van der Waals surface area contributed by atoms with Gasteiger partial charge in [-0.3, -0.25) is 4.79 Å². The lowest BCUT2D eigenvalue weighted by atomic mass is 10.0. The van der Waals surface area contributed by atoms with Gasteiger partial charge in [0.2, 0.25) is 0 Å². The molecule has 0 spiro atoms. The first-order valence-electron chi connectivity index (χ1n) is 7.50. The number of piperidine rings is 1.